The topological polar surface area (TPSA) is 249 Å². The number of Topliss-reactive ketones (excluding diaryl/α,β-unsaturated/α-hetero) is 1. The smallest absolute Gasteiger partial charge is 0.312 e. The van der Waals surface area contributed by atoms with Gasteiger partial charge in [-0.05, 0) is 62.3 Å². The highest BCUT2D eigenvalue weighted by Gasteiger charge is 2.31. The van der Waals surface area contributed by atoms with E-state index in [-0.39, 0.29) is 57.1 Å². The number of carbonyl (C=O) groups excluding carboxylic acids is 8. The van der Waals surface area contributed by atoms with Crippen molar-refractivity contribution in [2.24, 2.45) is 23.3 Å². The summed E-state index contributed by atoms with van der Waals surface area (Å²) in [4.78, 5) is 101. The third-order valence-electron chi connectivity index (χ3n) is 7.97. The molecule has 0 aliphatic carbocycles. The predicted octanol–water partition coefficient (Wildman–Crippen LogP) is 1.17. The zero-order valence-corrected chi connectivity index (χ0v) is 29.5. The molecule has 0 aromatic heterocycles. The molecule has 0 spiro atoms. The Kier molecular flexibility index (Phi) is 18.0. The summed E-state index contributed by atoms with van der Waals surface area (Å²) < 4.78 is 4.98. The number of anilines is 1. The molecule has 16 heteroatoms. The number of hydrogen-bond donors (Lipinski definition) is 6. The Morgan fingerprint density at radius 1 is 0.843 bits per heavy atom. The first kappa shape index (κ1) is 42.0. The lowest BCUT2D eigenvalue weighted by Crippen LogP contribution is -2.54. The van der Waals surface area contributed by atoms with E-state index in [1.807, 2.05) is 13.8 Å². The number of nitrogens with two attached hydrogens (primary N) is 2. The molecule has 0 radical (unpaired) electrons. The van der Waals surface area contributed by atoms with E-state index in [1.165, 1.54) is 6.92 Å². The maximum Gasteiger partial charge on any atom is 0.312 e. The molecule has 51 heavy (non-hydrogen) atoms. The highest BCUT2D eigenvalue weighted by molar-refractivity contribution is 6.13. The predicted molar refractivity (Wildman–Crippen MR) is 187 cm³/mol. The second-order valence-electron chi connectivity index (χ2n) is 12.8. The number of unbranched alkanes of at least 4 members (excludes halogenated alkanes) is 1. The van der Waals surface area contributed by atoms with Crippen LogP contribution in [-0.2, 0) is 44.9 Å². The molecule has 1 aromatic carbocycles. The van der Waals surface area contributed by atoms with Crippen molar-refractivity contribution in [2.75, 3.05) is 25.0 Å². The summed E-state index contributed by atoms with van der Waals surface area (Å²) >= 11 is 0. The average molecular weight is 714 g/mol. The Morgan fingerprint density at radius 3 is 2.08 bits per heavy atom. The highest BCUT2D eigenvalue weighted by atomic mass is 16.5. The van der Waals surface area contributed by atoms with E-state index in [0.717, 1.165) is 17.1 Å². The lowest BCUT2D eigenvalue weighted by molar-refractivity contribution is -0.142. The molecule has 0 fully saturated rings. The summed E-state index contributed by atoms with van der Waals surface area (Å²) in [6.07, 6.45) is 4.13. The fourth-order valence-corrected chi connectivity index (χ4v) is 5.28. The van der Waals surface area contributed by atoms with Gasteiger partial charge in [-0.25, -0.2) is 4.79 Å². The van der Waals surface area contributed by atoms with Crippen LogP contribution in [0.2, 0.25) is 0 Å². The maximum absolute atomic E-state index is 13.7. The van der Waals surface area contributed by atoms with Crippen molar-refractivity contribution in [1.82, 2.24) is 20.9 Å². The van der Waals surface area contributed by atoms with Crippen LogP contribution in [0, 0.1) is 11.8 Å². The monoisotopic (exact) mass is 713 g/mol. The molecule has 8 N–H and O–H groups in total. The Morgan fingerprint density at radius 2 is 1.49 bits per heavy atom. The number of ether oxygens (including phenoxy) is 1. The van der Waals surface area contributed by atoms with Crippen LogP contribution in [0.3, 0.4) is 0 Å². The summed E-state index contributed by atoms with van der Waals surface area (Å²) in [5.74, 6) is -4.25. The third kappa shape index (κ3) is 16.0. The zero-order valence-electron chi connectivity index (χ0n) is 29.5. The first-order valence-corrected chi connectivity index (χ1v) is 17.1. The summed E-state index contributed by atoms with van der Waals surface area (Å²) in [6, 6.07) is 3.75. The minimum absolute atomic E-state index is 0.0416. The average Bonchev–Trinajstić information content (AvgIpc) is 3.39. The third-order valence-corrected chi connectivity index (χ3v) is 7.97. The quantitative estimate of drug-likeness (QED) is 0.0537. The van der Waals surface area contributed by atoms with Gasteiger partial charge in [0.15, 0.2) is 0 Å². The highest BCUT2D eigenvalue weighted by Crippen LogP contribution is 2.18. The fraction of sp³-hybridized carbons (Fsp3) is 0.543. The number of esters is 1. The second kappa shape index (κ2) is 21.9. The van der Waals surface area contributed by atoms with E-state index in [0.29, 0.717) is 43.5 Å². The summed E-state index contributed by atoms with van der Waals surface area (Å²) in [6.45, 7) is 5.55. The van der Waals surface area contributed by atoms with Crippen LogP contribution in [0.25, 0.3) is 0 Å². The van der Waals surface area contributed by atoms with E-state index >= 15 is 0 Å². The number of primary amides is 1. The number of imide groups is 1. The maximum atomic E-state index is 13.7. The van der Waals surface area contributed by atoms with Gasteiger partial charge in [0, 0.05) is 56.6 Å². The Balaban J connectivity index is 2.16. The second-order valence-corrected chi connectivity index (χ2v) is 12.8. The van der Waals surface area contributed by atoms with Crippen LogP contribution in [-0.4, -0.2) is 83.9 Å². The van der Waals surface area contributed by atoms with Crippen LogP contribution < -0.4 is 32.7 Å². The standard InChI is InChI=1S/C35H51N7O9/c1-22(2)19-29(41-32(47)25(7-4-5-16-36)20-27(44)15-18-42-30(45)13-14-31(42)46)34(49)40-28(8-6-17-38-35(37)50)33(48)39-26-11-9-24(10-12-26)21-51-23(3)43/h9-14,22,25,28-29H,4-8,15-21,36H2,1-3H3,(H,39,48)(H,40,49)(H,41,47)(H3,37,38,50)/t25-,28+,29+/m1/s1. The van der Waals surface area contributed by atoms with Crippen molar-refractivity contribution in [1.29, 1.82) is 0 Å². The Bertz CT molecular complexity index is 1410. The Labute approximate surface area is 297 Å². The molecule has 1 aromatic rings. The summed E-state index contributed by atoms with van der Waals surface area (Å²) in [5.41, 5.74) is 11.9. The molecule has 2 rings (SSSR count). The van der Waals surface area contributed by atoms with Gasteiger partial charge in [-0.3, -0.25) is 38.5 Å². The van der Waals surface area contributed by atoms with E-state index < -0.39 is 59.5 Å². The van der Waals surface area contributed by atoms with E-state index in [1.54, 1.807) is 24.3 Å². The molecule has 1 heterocycles. The van der Waals surface area contributed by atoms with Crippen molar-refractivity contribution in [3.63, 3.8) is 0 Å². The SMILES string of the molecule is CC(=O)OCc1ccc(NC(=O)[C@H](CCCNC(N)=O)NC(=O)[C@H](CC(C)C)NC(=O)[C@H](CCCCN)CC(=O)CCN2C(=O)C=CC2=O)cc1. The molecule has 1 aliphatic rings. The largest absolute Gasteiger partial charge is 0.461 e. The van der Waals surface area contributed by atoms with Crippen LogP contribution in [0.15, 0.2) is 36.4 Å². The van der Waals surface area contributed by atoms with Gasteiger partial charge in [0.2, 0.25) is 17.7 Å². The lowest BCUT2D eigenvalue weighted by Gasteiger charge is -2.26. The number of nitrogens with zero attached hydrogens (tertiary/aromatic N) is 1. The molecule has 3 atom stereocenters. The van der Waals surface area contributed by atoms with Gasteiger partial charge in [-0.2, -0.15) is 0 Å². The normalized spacial score (nSPS) is 14.1. The minimum atomic E-state index is -1.06. The number of ketones is 1. The molecular formula is C35H51N7O9. The molecule has 1 aliphatic heterocycles. The molecule has 0 unspecified atom stereocenters. The number of carbonyl (C=O) groups is 8. The van der Waals surface area contributed by atoms with Crippen molar-refractivity contribution in [3.8, 4) is 0 Å². The van der Waals surface area contributed by atoms with Crippen LogP contribution >= 0.6 is 0 Å². The summed E-state index contributed by atoms with van der Waals surface area (Å²) in [5, 5.41) is 10.7. The van der Waals surface area contributed by atoms with Gasteiger partial charge in [0.1, 0.15) is 24.5 Å². The molecule has 0 bridgehead atoms. The number of rotatable bonds is 23. The number of benzene rings is 1. The first-order valence-electron chi connectivity index (χ1n) is 17.1. The molecule has 280 valence electrons. The van der Waals surface area contributed by atoms with E-state index in [2.05, 4.69) is 21.3 Å². The van der Waals surface area contributed by atoms with Gasteiger partial charge in [0.05, 0.1) is 0 Å². The van der Waals surface area contributed by atoms with Crippen molar-refractivity contribution < 1.29 is 43.1 Å². The van der Waals surface area contributed by atoms with Crippen molar-refractivity contribution in [2.45, 2.75) is 90.8 Å². The van der Waals surface area contributed by atoms with Crippen molar-refractivity contribution >= 4 is 53.0 Å². The number of amides is 7. The van der Waals surface area contributed by atoms with Crippen molar-refractivity contribution in [3.05, 3.63) is 42.0 Å². The zero-order chi connectivity index (χ0) is 37.9. The first-order chi connectivity index (χ1) is 24.2. The van der Waals surface area contributed by atoms with Crippen LogP contribution in [0.4, 0.5) is 10.5 Å². The molecule has 7 amide bonds. The molecule has 0 saturated carbocycles. The van der Waals surface area contributed by atoms with E-state index in [9.17, 15) is 38.4 Å². The minimum Gasteiger partial charge on any atom is -0.461 e. The lowest BCUT2D eigenvalue weighted by atomic mass is 9.93. The van der Waals surface area contributed by atoms with Gasteiger partial charge >= 0.3 is 12.0 Å². The fourth-order valence-electron chi connectivity index (χ4n) is 5.28. The van der Waals surface area contributed by atoms with Gasteiger partial charge in [-0.1, -0.05) is 32.4 Å². The Hall–Kier alpha value is -5.12. The molecule has 16 nitrogen and oxygen atoms in total. The van der Waals surface area contributed by atoms with Gasteiger partial charge in [0.25, 0.3) is 11.8 Å². The summed E-state index contributed by atoms with van der Waals surface area (Å²) in [7, 11) is 0. The van der Waals surface area contributed by atoms with Gasteiger partial charge in [-0.15, -0.1) is 0 Å². The number of hydrogen-bond acceptors (Lipinski definition) is 10. The van der Waals surface area contributed by atoms with E-state index in [4.69, 9.17) is 16.2 Å². The van der Waals surface area contributed by atoms with Gasteiger partial charge < -0.3 is 37.5 Å². The van der Waals surface area contributed by atoms with Crippen LogP contribution in [0.5, 0.6) is 0 Å². The molecular weight excluding hydrogens is 662 g/mol. The number of urea groups is 1. The molecule has 0 saturated heterocycles. The van der Waals surface area contributed by atoms with Crippen LogP contribution in [0.1, 0.15) is 77.7 Å². The number of nitrogens with one attached hydrogen (secondary N) is 4.